The van der Waals surface area contributed by atoms with Crippen molar-refractivity contribution in [3.8, 4) is 17.0 Å². The molecule has 162 valence electrons. The third-order valence-corrected chi connectivity index (χ3v) is 6.95. The van der Waals surface area contributed by atoms with Crippen molar-refractivity contribution >= 4 is 32.4 Å². The van der Waals surface area contributed by atoms with Crippen molar-refractivity contribution in [2.45, 2.75) is 25.8 Å². The Balaban J connectivity index is 0.00000245. The van der Waals surface area contributed by atoms with Gasteiger partial charge in [0.25, 0.3) is 5.91 Å². The van der Waals surface area contributed by atoms with Crippen LogP contribution < -0.4 is 10.1 Å². The fraction of sp³-hybridized carbons (Fsp3) is 0.333. The number of likely N-dealkylation sites (tertiary alicyclic amines) is 1. The van der Waals surface area contributed by atoms with E-state index in [1.807, 2.05) is 18.2 Å². The van der Waals surface area contributed by atoms with Crippen molar-refractivity contribution in [3.05, 3.63) is 53.7 Å². The van der Waals surface area contributed by atoms with E-state index in [1.54, 1.807) is 18.4 Å². The Morgan fingerprint density at radius 2 is 2.19 bits per heavy atom. The number of thiazole rings is 1. The number of aryl methyl sites for hydroxylation is 1. The van der Waals surface area contributed by atoms with Crippen LogP contribution in [0, 0.1) is 6.92 Å². The Kier molecular flexibility index (Phi) is 5.16. The lowest BCUT2D eigenvalue weighted by atomic mass is 10.1. The number of ether oxygens (including phenoxy) is 1. The topological polar surface area (TPSA) is 58.9 Å². The first kappa shape index (κ1) is 20.0. The van der Waals surface area contributed by atoms with Crippen LogP contribution in [-0.4, -0.2) is 53.5 Å². The first-order chi connectivity index (χ1) is 15.0. The van der Waals surface area contributed by atoms with Gasteiger partial charge in [0, 0.05) is 31.8 Å². The standard InChI is InChI=1S/C24H26N4O2S.H2/c1-15-6-4-7-16(10-15)19-14-28-20-12-21(30-3)18(11-22(20)31-24(28)26-19)23(29)25-17-8-5-9-27(2)13-17;/h4,6-7,10-12,14,17H,5,8-9,13H2,1-3H3,(H,25,29);1H. The van der Waals surface area contributed by atoms with Gasteiger partial charge in [-0.2, -0.15) is 0 Å². The Hall–Kier alpha value is -2.90. The molecule has 2 aromatic heterocycles. The number of imidazole rings is 1. The Bertz CT molecular complexity index is 1280. The predicted molar refractivity (Wildman–Crippen MR) is 127 cm³/mol. The van der Waals surface area contributed by atoms with E-state index < -0.39 is 0 Å². The van der Waals surface area contributed by atoms with E-state index in [0.717, 1.165) is 52.4 Å². The summed E-state index contributed by atoms with van der Waals surface area (Å²) in [5.41, 5.74) is 4.83. The van der Waals surface area contributed by atoms with Gasteiger partial charge in [-0.25, -0.2) is 4.98 Å². The molecular formula is C24H28N4O2S. The van der Waals surface area contributed by atoms with Crippen molar-refractivity contribution in [2.75, 3.05) is 27.2 Å². The molecule has 0 radical (unpaired) electrons. The van der Waals surface area contributed by atoms with Crippen molar-refractivity contribution in [3.63, 3.8) is 0 Å². The van der Waals surface area contributed by atoms with Gasteiger partial charge in [-0.3, -0.25) is 9.20 Å². The molecule has 1 unspecified atom stereocenters. The van der Waals surface area contributed by atoms with E-state index in [0.29, 0.717) is 11.3 Å². The minimum Gasteiger partial charge on any atom is -0.496 e. The van der Waals surface area contributed by atoms with Crippen molar-refractivity contribution in [2.24, 2.45) is 0 Å². The molecule has 31 heavy (non-hydrogen) atoms. The number of hydrogen-bond acceptors (Lipinski definition) is 5. The summed E-state index contributed by atoms with van der Waals surface area (Å²) in [5, 5.41) is 3.19. The summed E-state index contributed by atoms with van der Waals surface area (Å²) in [7, 11) is 3.71. The molecule has 0 bridgehead atoms. The minimum atomic E-state index is -0.0782. The maximum absolute atomic E-state index is 13.0. The Morgan fingerprint density at radius 1 is 1.32 bits per heavy atom. The summed E-state index contributed by atoms with van der Waals surface area (Å²) in [6.07, 6.45) is 4.16. The second-order valence-electron chi connectivity index (χ2n) is 8.35. The summed E-state index contributed by atoms with van der Waals surface area (Å²) in [6, 6.07) is 12.4. The van der Waals surface area contributed by atoms with E-state index in [1.165, 1.54) is 5.56 Å². The van der Waals surface area contributed by atoms with E-state index in [9.17, 15) is 4.79 Å². The molecule has 2 aromatic carbocycles. The number of piperidine rings is 1. The number of hydrogen-bond donors (Lipinski definition) is 1. The SMILES string of the molecule is COc1cc2c(cc1C(=O)NC1CCCN(C)C1)sc1nc(-c3cccc(C)c3)cn12.[HH]. The summed E-state index contributed by atoms with van der Waals surface area (Å²) in [5.74, 6) is 0.505. The van der Waals surface area contributed by atoms with Crippen molar-refractivity contribution in [1.82, 2.24) is 19.6 Å². The lowest BCUT2D eigenvalue weighted by molar-refractivity contribution is 0.0909. The summed E-state index contributed by atoms with van der Waals surface area (Å²) < 4.78 is 8.71. The third kappa shape index (κ3) is 3.79. The van der Waals surface area contributed by atoms with Crippen LogP contribution in [-0.2, 0) is 0 Å². The second kappa shape index (κ2) is 7.98. The van der Waals surface area contributed by atoms with Crippen LogP contribution >= 0.6 is 11.3 Å². The molecule has 5 rings (SSSR count). The molecule has 1 atom stereocenters. The van der Waals surface area contributed by atoms with Crippen LogP contribution in [0.1, 0.15) is 30.2 Å². The highest BCUT2D eigenvalue weighted by Crippen LogP contribution is 2.34. The minimum absolute atomic E-state index is 0. The average Bonchev–Trinajstić information content (AvgIpc) is 3.30. The number of likely N-dealkylation sites (N-methyl/N-ethyl adjacent to an activating group) is 1. The van der Waals surface area contributed by atoms with Gasteiger partial charge in [0.15, 0.2) is 4.96 Å². The van der Waals surface area contributed by atoms with Gasteiger partial charge >= 0.3 is 0 Å². The number of nitrogens with zero attached hydrogens (tertiary/aromatic N) is 3. The fourth-order valence-electron chi connectivity index (χ4n) is 4.36. The number of carbonyl (C=O) groups is 1. The molecule has 0 saturated carbocycles. The molecule has 0 aliphatic carbocycles. The quantitative estimate of drug-likeness (QED) is 0.508. The number of methoxy groups -OCH3 is 1. The van der Waals surface area contributed by atoms with Gasteiger partial charge < -0.3 is 15.0 Å². The number of carbonyl (C=O) groups excluding carboxylic acids is 1. The first-order valence-corrected chi connectivity index (χ1v) is 11.4. The zero-order valence-electron chi connectivity index (χ0n) is 18.0. The molecule has 1 fully saturated rings. The van der Waals surface area contributed by atoms with Gasteiger partial charge in [0.2, 0.25) is 0 Å². The molecule has 6 nitrogen and oxygen atoms in total. The summed E-state index contributed by atoms with van der Waals surface area (Å²) in [4.78, 5) is 21.0. The van der Waals surface area contributed by atoms with Crippen LogP contribution in [0.3, 0.4) is 0 Å². The number of nitrogens with one attached hydrogen (secondary N) is 1. The maximum atomic E-state index is 13.0. The molecule has 1 aliphatic heterocycles. The smallest absolute Gasteiger partial charge is 0.255 e. The van der Waals surface area contributed by atoms with Gasteiger partial charge in [-0.05, 0) is 45.5 Å². The first-order valence-electron chi connectivity index (χ1n) is 10.6. The van der Waals surface area contributed by atoms with Crippen LogP contribution in [0.5, 0.6) is 5.75 Å². The molecule has 0 spiro atoms. The van der Waals surface area contributed by atoms with Crippen molar-refractivity contribution in [1.29, 1.82) is 0 Å². The molecule has 3 heterocycles. The van der Waals surface area contributed by atoms with Gasteiger partial charge in [0.1, 0.15) is 5.75 Å². The summed E-state index contributed by atoms with van der Waals surface area (Å²) >= 11 is 1.59. The van der Waals surface area contributed by atoms with E-state index >= 15 is 0 Å². The largest absolute Gasteiger partial charge is 0.496 e. The number of rotatable bonds is 4. The molecule has 1 N–H and O–H groups in total. The molecule has 1 aliphatic rings. The molecular weight excluding hydrogens is 408 g/mol. The highest BCUT2D eigenvalue weighted by Gasteiger charge is 2.23. The third-order valence-electron chi connectivity index (χ3n) is 5.93. The van der Waals surface area contributed by atoms with Crippen molar-refractivity contribution < 1.29 is 11.0 Å². The molecule has 1 amide bonds. The highest BCUT2D eigenvalue weighted by molar-refractivity contribution is 7.23. The zero-order chi connectivity index (χ0) is 21.5. The lowest BCUT2D eigenvalue weighted by Gasteiger charge is -2.30. The Morgan fingerprint density at radius 3 is 2.97 bits per heavy atom. The second-order valence-corrected chi connectivity index (χ2v) is 9.35. The van der Waals surface area contributed by atoms with Gasteiger partial charge in [-0.15, -0.1) is 0 Å². The van der Waals surface area contributed by atoms with Crippen LogP contribution in [0.25, 0.3) is 26.4 Å². The average molecular weight is 437 g/mol. The maximum Gasteiger partial charge on any atom is 0.255 e. The summed E-state index contributed by atoms with van der Waals surface area (Å²) in [6.45, 7) is 4.05. The number of aromatic nitrogens is 2. The molecule has 4 aromatic rings. The van der Waals surface area contributed by atoms with E-state index in [2.05, 4.69) is 53.0 Å². The number of fused-ring (bicyclic) bond motifs is 3. The van der Waals surface area contributed by atoms with E-state index in [-0.39, 0.29) is 13.4 Å². The number of amides is 1. The van der Waals surface area contributed by atoms with Crippen LogP contribution in [0.2, 0.25) is 0 Å². The lowest BCUT2D eigenvalue weighted by Crippen LogP contribution is -2.46. The highest BCUT2D eigenvalue weighted by atomic mass is 32.1. The zero-order valence-corrected chi connectivity index (χ0v) is 18.8. The normalized spacial score (nSPS) is 17.3. The van der Waals surface area contributed by atoms with E-state index in [4.69, 9.17) is 9.72 Å². The fourth-order valence-corrected chi connectivity index (χ4v) is 5.39. The Labute approximate surface area is 186 Å². The monoisotopic (exact) mass is 436 g/mol. The van der Waals surface area contributed by atoms with Gasteiger partial charge in [-0.1, -0.05) is 35.1 Å². The number of benzene rings is 2. The van der Waals surface area contributed by atoms with Gasteiger partial charge in [0.05, 0.1) is 28.6 Å². The predicted octanol–water partition coefficient (Wildman–Crippen LogP) is 4.60. The molecule has 1 saturated heterocycles. The molecule has 7 heteroatoms. The van der Waals surface area contributed by atoms with Crippen LogP contribution in [0.15, 0.2) is 42.6 Å². The van der Waals surface area contributed by atoms with Crippen LogP contribution in [0.4, 0.5) is 0 Å².